The molecule has 0 spiro atoms. The van der Waals surface area contributed by atoms with E-state index in [1.54, 1.807) is 7.05 Å². The van der Waals surface area contributed by atoms with E-state index in [2.05, 4.69) is 10.6 Å². The van der Waals surface area contributed by atoms with Crippen LogP contribution >= 0.6 is 0 Å². The van der Waals surface area contributed by atoms with Gasteiger partial charge in [0, 0.05) is 26.9 Å². The largest absolute Gasteiger partial charge is 0.379 e. The molecule has 0 atom stereocenters. The van der Waals surface area contributed by atoms with Gasteiger partial charge >= 0.3 is 0 Å². The van der Waals surface area contributed by atoms with E-state index in [0.29, 0.717) is 39.4 Å². The van der Waals surface area contributed by atoms with Crippen molar-refractivity contribution in [2.24, 2.45) is 0 Å². The average molecular weight is 232 g/mol. The molecule has 0 rings (SSSR count). The zero-order valence-corrected chi connectivity index (χ0v) is 9.88. The van der Waals surface area contributed by atoms with Crippen LogP contribution in [0.4, 0.5) is 0 Å². The Morgan fingerprint density at radius 1 is 1.06 bits per heavy atom. The van der Waals surface area contributed by atoms with Crippen LogP contribution in [0.25, 0.3) is 0 Å². The Balaban J connectivity index is 3.04. The number of nitrogens with one attached hydrogen (secondary N) is 2. The van der Waals surface area contributed by atoms with Gasteiger partial charge in [0.15, 0.2) is 0 Å². The minimum absolute atomic E-state index is 0.0356. The second kappa shape index (κ2) is 10.4. The quantitative estimate of drug-likeness (QED) is 0.515. The van der Waals surface area contributed by atoms with Gasteiger partial charge in [-0.1, -0.05) is 0 Å². The summed E-state index contributed by atoms with van der Waals surface area (Å²) in [5.41, 5.74) is 0. The second-order valence-electron chi connectivity index (χ2n) is 3.13. The summed E-state index contributed by atoms with van der Waals surface area (Å²) >= 11 is 0. The van der Waals surface area contributed by atoms with E-state index in [9.17, 15) is 9.59 Å². The van der Waals surface area contributed by atoms with Crippen molar-refractivity contribution >= 4 is 11.8 Å². The van der Waals surface area contributed by atoms with E-state index < -0.39 is 0 Å². The maximum atomic E-state index is 10.8. The maximum Gasteiger partial charge on any atom is 0.222 e. The molecule has 0 saturated heterocycles. The predicted molar refractivity (Wildman–Crippen MR) is 59.0 cm³/mol. The standard InChI is InChI=1S/C10H20N2O4/c1-9(13)12-4-6-16-8-7-15-5-3-10(14)11-2/h3-8H2,1-2H3,(H,11,14)(H,12,13). The molecule has 0 saturated carbocycles. The number of ether oxygens (including phenoxy) is 2. The first-order valence-corrected chi connectivity index (χ1v) is 5.27. The molecule has 0 aliphatic rings. The molecule has 0 heterocycles. The molecular formula is C10H20N2O4. The molecule has 94 valence electrons. The minimum atomic E-state index is -0.0644. The van der Waals surface area contributed by atoms with Gasteiger partial charge < -0.3 is 20.1 Å². The third-order valence-electron chi connectivity index (χ3n) is 1.74. The molecule has 0 aliphatic heterocycles. The number of carbonyl (C=O) groups excluding carboxylic acids is 2. The van der Waals surface area contributed by atoms with Gasteiger partial charge in [-0.05, 0) is 0 Å². The minimum Gasteiger partial charge on any atom is -0.379 e. The summed E-state index contributed by atoms with van der Waals surface area (Å²) in [6, 6.07) is 0. The van der Waals surface area contributed by atoms with Gasteiger partial charge in [0.1, 0.15) is 0 Å². The fraction of sp³-hybridized carbons (Fsp3) is 0.800. The summed E-state index contributed by atoms with van der Waals surface area (Å²) in [5.74, 6) is -0.1000. The number of rotatable bonds is 9. The SMILES string of the molecule is CNC(=O)CCOCCOCCNC(C)=O. The van der Waals surface area contributed by atoms with Gasteiger partial charge in [-0.25, -0.2) is 0 Å². The van der Waals surface area contributed by atoms with E-state index in [1.165, 1.54) is 6.92 Å². The third-order valence-corrected chi connectivity index (χ3v) is 1.74. The van der Waals surface area contributed by atoms with Crippen molar-refractivity contribution in [2.75, 3.05) is 40.0 Å². The monoisotopic (exact) mass is 232 g/mol. The highest BCUT2D eigenvalue weighted by Crippen LogP contribution is 1.83. The van der Waals surface area contributed by atoms with Crippen LogP contribution in [-0.2, 0) is 19.1 Å². The van der Waals surface area contributed by atoms with Crippen LogP contribution in [0.2, 0.25) is 0 Å². The van der Waals surface area contributed by atoms with E-state index in [-0.39, 0.29) is 11.8 Å². The Morgan fingerprint density at radius 3 is 2.25 bits per heavy atom. The molecule has 0 unspecified atom stereocenters. The topological polar surface area (TPSA) is 76.7 Å². The van der Waals surface area contributed by atoms with Crippen LogP contribution in [0.5, 0.6) is 0 Å². The Labute approximate surface area is 95.7 Å². The molecule has 0 aromatic carbocycles. The van der Waals surface area contributed by atoms with Crippen molar-refractivity contribution in [1.82, 2.24) is 10.6 Å². The Bertz CT molecular complexity index is 209. The summed E-state index contributed by atoms with van der Waals surface area (Å²) in [5, 5.41) is 5.12. The lowest BCUT2D eigenvalue weighted by Crippen LogP contribution is -2.25. The molecular weight excluding hydrogens is 212 g/mol. The van der Waals surface area contributed by atoms with E-state index in [4.69, 9.17) is 9.47 Å². The van der Waals surface area contributed by atoms with Crippen molar-refractivity contribution in [2.45, 2.75) is 13.3 Å². The highest BCUT2D eigenvalue weighted by molar-refractivity contribution is 5.75. The molecule has 0 bridgehead atoms. The lowest BCUT2D eigenvalue weighted by atomic mass is 10.4. The maximum absolute atomic E-state index is 10.8. The Kier molecular flexibility index (Phi) is 9.64. The van der Waals surface area contributed by atoms with E-state index in [0.717, 1.165) is 0 Å². The van der Waals surface area contributed by atoms with E-state index >= 15 is 0 Å². The molecule has 16 heavy (non-hydrogen) atoms. The van der Waals surface area contributed by atoms with Gasteiger partial charge in [-0.2, -0.15) is 0 Å². The first-order chi connectivity index (χ1) is 7.66. The summed E-state index contributed by atoms with van der Waals surface area (Å²) in [7, 11) is 1.59. The summed E-state index contributed by atoms with van der Waals surface area (Å²) < 4.78 is 10.3. The van der Waals surface area contributed by atoms with E-state index in [1.807, 2.05) is 0 Å². The molecule has 6 nitrogen and oxygen atoms in total. The molecule has 0 aromatic rings. The summed E-state index contributed by atoms with van der Waals surface area (Å²) in [6.07, 6.45) is 0.363. The van der Waals surface area contributed by atoms with Gasteiger partial charge in [-0.3, -0.25) is 9.59 Å². The highest BCUT2D eigenvalue weighted by atomic mass is 16.5. The van der Waals surface area contributed by atoms with Crippen molar-refractivity contribution < 1.29 is 19.1 Å². The zero-order valence-electron chi connectivity index (χ0n) is 9.88. The van der Waals surface area contributed by atoms with Crippen LogP contribution in [-0.4, -0.2) is 51.8 Å². The average Bonchev–Trinajstić information content (AvgIpc) is 2.26. The van der Waals surface area contributed by atoms with Crippen LogP contribution in [0.15, 0.2) is 0 Å². The van der Waals surface area contributed by atoms with Crippen LogP contribution in [0.3, 0.4) is 0 Å². The van der Waals surface area contributed by atoms with Crippen LogP contribution in [0.1, 0.15) is 13.3 Å². The van der Waals surface area contributed by atoms with Gasteiger partial charge in [0.05, 0.1) is 26.4 Å². The smallest absolute Gasteiger partial charge is 0.222 e. The number of hydrogen-bond donors (Lipinski definition) is 2. The van der Waals surface area contributed by atoms with Crippen LogP contribution < -0.4 is 10.6 Å². The first-order valence-electron chi connectivity index (χ1n) is 5.27. The lowest BCUT2D eigenvalue weighted by molar-refractivity contribution is -0.121. The first kappa shape index (κ1) is 14.9. The van der Waals surface area contributed by atoms with Gasteiger partial charge in [-0.15, -0.1) is 0 Å². The predicted octanol–water partition coefficient (Wildman–Crippen LogP) is -0.708. The Hall–Kier alpha value is -1.14. The summed E-state index contributed by atoms with van der Waals surface area (Å²) in [4.78, 5) is 21.3. The van der Waals surface area contributed by atoms with Crippen molar-refractivity contribution in [1.29, 1.82) is 0 Å². The molecule has 0 fully saturated rings. The zero-order chi connectivity index (χ0) is 12.2. The number of hydrogen-bond acceptors (Lipinski definition) is 4. The second-order valence-corrected chi connectivity index (χ2v) is 3.13. The molecule has 0 aliphatic carbocycles. The number of amides is 2. The molecule has 0 radical (unpaired) electrons. The lowest BCUT2D eigenvalue weighted by Gasteiger charge is -2.05. The summed E-state index contributed by atoms with van der Waals surface area (Å²) in [6.45, 7) is 3.76. The van der Waals surface area contributed by atoms with Crippen LogP contribution in [0, 0.1) is 0 Å². The number of carbonyl (C=O) groups is 2. The Morgan fingerprint density at radius 2 is 1.69 bits per heavy atom. The highest BCUT2D eigenvalue weighted by Gasteiger charge is 1.97. The van der Waals surface area contributed by atoms with Gasteiger partial charge in [0.2, 0.25) is 11.8 Å². The molecule has 0 aromatic heterocycles. The normalized spacial score (nSPS) is 9.88. The van der Waals surface area contributed by atoms with Crippen molar-refractivity contribution in [3.63, 3.8) is 0 Å². The van der Waals surface area contributed by atoms with Gasteiger partial charge in [0.25, 0.3) is 0 Å². The third kappa shape index (κ3) is 10.9. The molecule has 2 amide bonds. The fourth-order valence-electron chi connectivity index (χ4n) is 0.911. The fourth-order valence-corrected chi connectivity index (χ4v) is 0.911. The molecule has 2 N–H and O–H groups in total. The molecule has 6 heteroatoms. The van der Waals surface area contributed by atoms with Crippen molar-refractivity contribution in [3.05, 3.63) is 0 Å². The van der Waals surface area contributed by atoms with Crippen molar-refractivity contribution in [3.8, 4) is 0 Å².